The second-order valence-electron chi connectivity index (χ2n) is 6.25. The van der Waals surface area contributed by atoms with E-state index in [1.165, 1.54) is 0 Å². The molecular formula is C15H18ClF3N2O2. The summed E-state index contributed by atoms with van der Waals surface area (Å²) >= 11 is 5.58. The number of hydrogen-bond donors (Lipinski definition) is 0. The molecule has 8 heteroatoms. The lowest BCUT2D eigenvalue weighted by atomic mass is 9.92. The maximum absolute atomic E-state index is 12.8. The molecule has 1 aromatic heterocycles. The molecule has 1 fully saturated rings. The largest absolute Gasteiger partial charge is 0.417 e. The van der Waals surface area contributed by atoms with Gasteiger partial charge in [-0.05, 0) is 24.3 Å². The van der Waals surface area contributed by atoms with Gasteiger partial charge >= 0.3 is 6.18 Å². The van der Waals surface area contributed by atoms with Crippen LogP contribution in [0.4, 0.5) is 13.2 Å². The van der Waals surface area contributed by atoms with E-state index in [2.05, 4.69) is 0 Å². The number of alkyl halides is 3. The fraction of sp³-hybridized carbons (Fsp3) is 0.600. The second kappa shape index (κ2) is 6.55. The third kappa shape index (κ3) is 4.28. The molecule has 2 rings (SSSR count). The summed E-state index contributed by atoms with van der Waals surface area (Å²) < 4.78 is 39.1. The second-order valence-corrected chi connectivity index (χ2v) is 6.66. The Morgan fingerprint density at radius 3 is 2.39 bits per heavy atom. The van der Waals surface area contributed by atoms with E-state index < -0.39 is 28.9 Å². The van der Waals surface area contributed by atoms with E-state index in [1.807, 2.05) is 13.8 Å². The first kappa shape index (κ1) is 17.8. The van der Waals surface area contributed by atoms with Crippen molar-refractivity contribution < 1.29 is 18.0 Å². The van der Waals surface area contributed by atoms with Gasteiger partial charge in [0.15, 0.2) is 0 Å². The zero-order valence-corrected chi connectivity index (χ0v) is 13.6. The fourth-order valence-electron chi connectivity index (χ4n) is 2.98. The van der Waals surface area contributed by atoms with Crippen molar-refractivity contribution in [1.29, 1.82) is 0 Å². The quantitative estimate of drug-likeness (QED) is 0.822. The Kier molecular flexibility index (Phi) is 5.08. The van der Waals surface area contributed by atoms with E-state index in [1.54, 1.807) is 4.90 Å². The summed E-state index contributed by atoms with van der Waals surface area (Å²) in [6, 6.07) is 0.579. The molecule has 128 valence electrons. The molecule has 1 aliphatic heterocycles. The van der Waals surface area contributed by atoms with Crippen molar-refractivity contribution in [3.63, 3.8) is 0 Å². The molecular weight excluding hydrogens is 333 g/mol. The smallest absolute Gasteiger partial charge is 0.341 e. The van der Waals surface area contributed by atoms with Crippen molar-refractivity contribution in [2.24, 2.45) is 11.8 Å². The van der Waals surface area contributed by atoms with Crippen molar-refractivity contribution in [1.82, 2.24) is 9.47 Å². The van der Waals surface area contributed by atoms with Crippen LogP contribution >= 0.6 is 11.6 Å². The Morgan fingerprint density at radius 2 is 1.87 bits per heavy atom. The SMILES string of the molecule is C[C@@H]1C[C@@H](C)CN(C(=O)Cn2cc(C(F)(F)F)cc(Cl)c2=O)C1. The van der Waals surface area contributed by atoms with Gasteiger partial charge in [0.2, 0.25) is 5.91 Å². The lowest BCUT2D eigenvalue weighted by Gasteiger charge is -2.35. The molecule has 0 saturated carbocycles. The maximum Gasteiger partial charge on any atom is 0.417 e. The third-order valence-electron chi connectivity index (χ3n) is 3.90. The van der Waals surface area contributed by atoms with Crippen LogP contribution in [0.15, 0.2) is 17.1 Å². The lowest BCUT2D eigenvalue weighted by Crippen LogP contribution is -2.45. The first-order valence-electron chi connectivity index (χ1n) is 7.33. The normalized spacial score (nSPS) is 22.3. The number of rotatable bonds is 2. The van der Waals surface area contributed by atoms with Gasteiger partial charge in [0.25, 0.3) is 5.56 Å². The number of amides is 1. The van der Waals surface area contributed by atoms with Gasteiger partial charge in [-0.1, -0.05) is 25.4 Å². The van der Waals surface area contributed by atoms with Crippen LogP contribution in [0.25, 0.3) is 0 Å². The highest BCUT2D eigenvalue weighted by atomic mass is 35.5. The lowest BCUT2D eigenvalue weighted by molar-refractivity contribution is -0.139. The van der Waals surface area contributed by atoms with Gasteiger partial charge in [0.05, 0.1) is 5.56 Å². The molecule has 1 amide bonds. The minimum atomic E-state index is -4.63. The molecule has 2 atom stereocenters. The molecule has 1 saturated heterocycles. The van der Waals surface area contributed by atoms with Crippen LogP contribution in [-0.4, -0.2) is 28.5 Å². The van der Waals surface area contributed by atoms with E-state index >= 15 is 0 Å². The van der Waals surface area contributed by atoms with E-state index in [4.69, 9.17) is 11.6 Å². The Hall–Kier alpha value is -1.50. The highest BCUT2D eigenvalue weighted by Crippen LogP contribution is 2.29. The minimum Gasteiger partial charge on any atom is -0.341 e. The summed E-state index contributed by atoms with van der Waals surface area (Å²) in [6.45, 7) is 4.68. The number of aromatic nitrogens is 1. The standard InChI is InChI=1S/C15H18ClF3N2O2/c1-9-3-10(2)6-20(5-9)13(22)8-21-7-11(15(17,18)19)4-12(16)14(21)23/h4,7,9-10H,3,5-6,8H2,1-2H3/t9-,10-/m1/s1. The van der Waals surface area contributed by atoms with Crippen LogP contribution in [0.5, 0.6) is 0 Å². The number of carbonyl (C=O) groups excluding carboxylic acids is 1. The summed E-state index contributed by atoms with van der Waals surface area (Å²) in [5.74, 6) is 0.273. The van der Waals surface area contributed by atoms with Gasteiger partial charge < -0.3 is 9.47 Å². The number of hydrogen-bond acceptors (Lipinski definition) is 2. The highest BCUT2D eigenvalue weighted by molar-refractivity contribution is 6.30. The van der Waals surface area contributed by atoms with Crippen LogP contribution in [0.1, 0.15) is 25.8 Å². The predicted molar refractivity (Wildman–Crippen MR) is 80.2 cm³/mol. The van der Waals surface area contributed by atoms with Crippen molar-refractivity contribution in [2.45, 2.75) is 33.0 Å². The van der Waals surface area contributed by atoms with Gasteiger partial charge in [-0.15, -0.1) is 0 Å². The first-order valence-corrected chi connectivity index (χ1v) is 7.70. The van der Waals surface area contributed by atoms with E-state index in [0.717, 1.165) is 11.0 Å². The molecule has 0 unspecified atom stereocenters. The van der Waals surface area contributed by atoms with Crippen LogP contribution in [0.2, 0.25) is 5.02 Å². The summed E-state index contributed by atoms with van der Waals surface area (Å²) in [5.41, 5.74) is -1.85. The van der Waals surface area contributed by atoms with E-state index in [9.17, 15) is 22.8 Å². The van der Waals surface area contributed by atoms with Crippen molar-refractivity contribution in [3.8, 4) is 0 Å². The molecule has 0 aromatic carbocycles. The third-order valence-corrected chi connectivity index (χ3v) is 4.17. The van der Waals surface area contributed by atoms with Gasteiger partial charge in [-0.3, -0.25) is 9.59 Å². The fourth-order valence-corrected chi connectivity index (χ4v) is 3.21. The average molecular weight is 351 g/mol. The molecule has 4 nitrogen and oxygen atoms in total. The minimum absolute atomic E-state index is 0.324. The number of nitrogens with zero attached hydrogens (tertiary/aromatic N) is 2. The molecule has 0 aliphatic carbocycles. The molecule has 1 aromatic rings. The predicted octanol–water partition coefficient (Wildman–Crippen LogP) is 3.03. The summed E-state index contributed by atoms with van der Waals surface area (Å²) in [6.07, 6.45) is -2.99. The molecule has 0 radical (unpaired) electrons. The van der Waals surface area contributed by atoms with Crippen LogP contribution in [0.3, 0.4) is 0 Å². The van der Waals surface area contributed by atoms with Crippen LogP contribution < -0.4 is 5.56 Å². The van der Waals surface area contributed by atoms with Gasteiger partial charge in [-0.2, -0.15) is 13.2 Å². The number of carbonyl (C=O) groups is 1. The Labute approximate surface area is 136 Å². The maximum atomic E-state index is 12.8. The summed E-state index contributed by atoms with van der Waals surface area (Å²) in [4.78, 5) is 25.8. The molecule has 0 N–H and O–H groups in total. The summed E-state index contributed by atoms with van der Waals surface area (Å²) in [5, 5.41) is -0.548. The first-order chi connectivity index (χ1) is 10.6. The van der Waals surface area contributed by atoms with Gasteiger partial charge in [0, 0.05) is 19.3 Å². The van der Waals surface area contributed by atoms with Crippen molar-refractivity contribution in [2.75, 3.05) is 13.1 Å². The zero-order valence-electron chi connectivity index (χ0n) is 12.9. The summed E-state index contributed by atoms with van der Waals surface area (Å²) in [7, 11) is 0. The average Bonchev–Trinajstić information content (AvgIpc) is 2.41. The van der Waals surface area contributed by atoms with Crippen molar-refractivity contribution >= 4 is 17.5 Å². The van der Waals surface area contributed by atoms with Crippen LogP contribution in [-0.2, 0) is 17.5 Å². The van der Waals surface area contributed by atoms with E-state index in [-0.39, 0.29) is 5.91 Å². The Morgan fingerprint density at radius 1 is 1.30 bits per heavy atom. The van der Waals surface area contributed by atoms with Gasteiger partial charge in [0.1, 0.15) is 11.6 Å². The topological polar surface area (TPSA) is 42.3 Å². The number of likely N-dealkylation sites (tertiary alicyclic amines) is 1. The zero-order chi connectivity index (χ0) is 17.4. The Bertz CT molecular complexity index is 647. The van der Waals surface area contributed by atoms with E-state index in [0.29, 0.717) is 37.2 Å². The molecule has 1 aliphatic rings. The van der Waals surface area contributed by atoms with Crippen LogP contribution in [0, 0.1) is 11.8 Å². The molecule has 0 spiro atoms. The number of halogens is 4. The highest BCUT2D eigenvalue weighted by Gasteiger charge is 2.32. The number of pyridine rings is 1. The van der Waals surface area contributed by atoms with Crippen molar-refractivity contribution in [3.05, 3.63) is 33.2 Å². The molecule has 2 heterocycles. The molecule has 0 bridgehead atoms. The Balaban J connectivity index is 2.24. The monoisotopic (exact) mass is 350 g/mol. The molecule has 23 heavy (non-hydrogen) atoms. The number of piperidine rings is 1. The van der Waals surface area contributed by atoms with Gasteiger partial charge in [-0.25, -0.2) is 0 Å².